The Labute approximate surface area is 322 Å². The largest absolute Gasteiger partial charge is 0.478 e. The molecule has 0 aliphatic heterocycles. The topological polar surface area (TPSA) is 170 Å². The summed E-state index contributed by atoms with van der Waals surface area (Å²) in [6.07, 6.45) is 6.40. The standard InChI is InChI=1S/C41H49N7O6S/c1-24-10-8-11-25(2)34(24)32-15-33(46-39(45-32)47-55(51,52)30-13-9-12-27(14-30)38(49)50)54-22-28(19-41-16-26(17-41)18-41)42-20-29-21-43-35-31(23-53-7)36(40(3,4)5)48(6)37(35)44-29/h8-15,21,26,28,42H,16-20,22-23H2,1-7H3,(H,49,50)(H,45,46,47)/t26?,28-,41?/m1/s1. The first-order valence-corrected chi connectivity index (χ1v) is 20.0. The molecule has 0 unspecified atom stereocenters. The van der Waals surface area contributed by atoms with Crippen LogP contribution in [0.5, 0.6) is 5.88 Å². The number of carbonyl (C=O) groups is 1. The van der Waals surface area contributed by atoms with Crippen LogP contribution in [0, 0.1) is 25.2 Å². The van der Waals surface area contributed by atoms with Crippen LogP contribution in [-0.2, 0) is 40.4 Å². The first-order valence-electron chi connectivity index (χ1n) is 18.6. The number of carboxylic acid groups (broad SMARTS) is 1. The highest BCUT2D eigenvalue weighted by Gasteiger charge is 2.56. The number of methoxy groups -OCH3 is 1. The van der Waals surface area contributed by atoms with Gasteiger partial charge < -0.3 is 24.5 Å². The number of fused-ring (bicyclic) bond motifs is 1. The molecule has 3 aromatic heterocycles. The molecule has 3 aliphatic carbocycles. The summed E-state index contributed by atoms with van der Waals surface area (Å²) in [5.74, 6) is -0.395. The zero-order chi connectivity index (χ0) is 39.3. The molecule has 3 saturated carbocycles. The third kappa shape index (κ3) is 7.80. The van der Waals surface area contributed by atoms with Crippen molar-refractivity contribution in [3.05, 3.63) is 88.4 Å². The molecule has 0 radical (unpaired) electrons. The summed E-state index contributed by atoms with van der Waals surface area (Å²) in [5.41, 5.74) is 7.92. The van der Waals surface area contributed by atoms with E-state index in [0.717, 1.165) is 63.2 Å². The minimum Gasteiger partial charge on any atom is -0.478 e. The molecule has 14 heteroatoms. The highest BCUT2D eigenvalue weighted by molar-refractivity contribution is 7.92. The van der Waals surface area contributed by atoms with E-state index in [1.165, 1.54) is 37.5 Å². The van der Waals surface area contributed by atoms with E-state index in [2.05, 4.69) is 45.3 Å². The van der Waals surface area contributed by atoms with Crippen LogP contribution in [0.25, 0.3) is 22.4 Å². The summed E-state index contributed by atoms with van der Waals surface area (Å²) in [7, 11) is -0.525. The fourth-order valence-electron chi connectivity index (χ4n) is 8.53. The normalized spacial score (nSPS) is 18.4. The average Bonchev–Trinajstić information content (AvgIpc) is 3.37. The smallest absolute Gasteiger partial charge is 0.335 e. The lowest BCUT2D eigenvalue weighted by molar-refractivity contribution is -0.119. The fraction of sp³-hybridized carbons (Fsp3) is 0.439. The predicted octanol–water partition coefficient (Wildman–Crippen LogP) is 6.71. The van der Waals surface area contributed by atoms with Gasteiger partial charge in [-0.1, -0.05) is 45.0 Å². The molecule has 2 bridgehead atoms. The van der Waals surface area contributed by atoms with Crippen molar-refractivity contribution in [1.82, 2.24) is 29.8 Å². The number of hydrogen-bond donors (Lipinski definition) is 3. The molecule has 290 valence electrons. The first-order chi connectivity index (χ1) is 26.1. The molecular weight excluding hydrogens is 719 g/mol. The van der Waals surface area contributed by atoms with Gasteiger partial charge in [0.25, 0.3) is 10.0 Å². The van der Waals surface area contributed by atoms with Crippen LogP contribution in [0.2, 0.25) is 0 Å². The number of hydrogen-bond acceptors (Lipinski definition) is 10. The van der Waals surface area contributed by atoms with E-state index in [1.807, 2.05) is 45.3 Å². The van der Waals surface area contributed by atoms with E-state index in [-0.39, 0.29) is 40.4 Å². The molecule has 3 N–H and O–H groups in total. The number of sulfonamides is 1. The third-order valence-electron chi connectivity index (χ3n) is 10.9. The summed E-state index contributed by atoms with van der Waals surface area (Å²) in [5, 5.41) is 13.2. The number of aromatic carboxylic acids is 1. The maximum atomic E-state index is 13.5. The summed E-state index contributed by atoms with van der Waals surface area (Å²) < 4.78 is 43.6. The minimum absolute atomic E-state index is 0.0566. The summed E-state index contributed by atoms with van der Waals surface area (Å²) in [6, 6.07) is 12.7. The van der Waals surface area contributed by atoms with Crippen LogP contribution >= 0.6 is 0 Å². The Morgan fingerprint density at radius 3 is 2.40 bits per heavy atom. The molecule has 1 atom stereocenters. The SMILES string of the molecule is COCc1c(C(C)(C)C)n(C)c2nc(CN[C@@H](COc3cc(-c4c(C)cccc4C)nc(NS(=O)(=O)c4cccc(C(=O)O)c4)n3)CC34CC(C3)C4)cnc12. The van der Waals surface area contributed by atoms with Gasteiger partial charge in [-0.05, 0) is 80.2 Å². The molecule has 0 spiro atoms. The van der Waals surface area contributed by atoms with E-state index in [9.17, 15) is 18.3 Å². The maximum absolute atomic E-state index is 13.5. The van der Waals surface area contributed by atoms with Crippen molar-refractivity contribution >= 4 is 33.1 Å². The van der Waals surface area contributed by atoms with Crippen molar-refractivity contribution in [2.24, 2.45) is 18.4 Å². The molecule has 3 aliphatic rings. The lowest BCUT2D eigenvalue weighted by Crippen LogP contribution is -2.55. The number of ether oxygens (including phenoxy) is 2. The number of nitrogens with one attached hydrogen (secondary N) is 2. The van der Waals surface area contributed by atoms with Crippen molar-refractivity contribution in [3.8, 4) is 17.1 Å². The molecule has 5 aromatic rings. The third-order valence-corrected chi connectivity index (χ3v) is 12.3. The minimum atomic E-state index is -4.25. The Bertz CT molecular complexity index is 2350. The van der Waals surface area contributed by atoms with Crippen LogP contribution in [0.4, 0.5) is 5.95 Å². The van der Waals surface area contributed by atoms with Crippen molar-refractivity contribution in [2.75, 3.05) is 18.4 Å². The number of nitrogens with zero attached hydrogens (tertiary/aromatic N) is 5. The van der Waals surface area contributed by atoms with Gasteiger partial charge in [0.1, 0.15) is 12.1 Å². The second kappa shape index (κ2) is 14.6. The zero-order valence-corrected chi connectivity index (χ0v) is 33.2. The average molecular weight is 768 g/mol. The van der Waals surface area contributed by atoms with Gasteiger partial charge in [-0.3, -0.25) is 4.98 Å². The lowest BCUT2D eigenvalue weighted by Gasteiger charge is -2.63. The van der Waals surface area contributed by atoms with E-state index in [4.69, 9.17) is 19.4 Å². The van der Waals surface area contributed by atoms with Gasteiger partial charge in [-0.15, -0.1) is 0 Å². The molecule has 55 heavy (non-hydrogen) atoms. The Morgan fingerprint density at radius 2 is 1.76 bits per heavy atom. The van der Waals surface area contributed by atoms with Crippen LogP contribution in [0.1, 0.15) is 84.9 Å². The summed E-state index contributed by atoms with van der Waals surface area (Å²) >= 11 is 0. The molecular formula is C41H49N7O6S. The van der Waals surface area contributed by atoms with Crippen LogP contribution in [-0.4, -0.2) is 63.8 Å². The molecule has 3 heterocycles. The van der Waals surface area contributed by atoms with E-state index < -0.39 is 16.0 Å². The van der Waals surface area contributed by atoms with Crippen LogP contribution in [0.3, 0.4) is 0 Å². The molecule has 0 saturated heterocycles. The van der Waals surface area contributed by atoms with Gasteiger partial charge >= 0.3 is 5.97 Å². The van der Waals surface area contributed by atoms with Gasteiger partial charge in [0, 0.05) is 55.0 Å². The van der Waals surface area contributed by atoms with E-state index in [0.29, 0.717) is 24.3 Å². The number of rotatable bonds is 15. The number of aryl methyl sites for hydroxylation is 3. The summed E-state index contributed by atoms with van der Waals surface area (Å²) in [4.78, 5) is 30.4. The first kappa shape index (κ1) is 38.4. The highest BCUT2D eigenvalue weighted by atomic mass is 32.2. The summed E-state index contributed by atoms with van der Waals surface area (Å²) in [6.45, 7) is 11.7. The number of carboxylic acids is 1. The van der Waals surface area contributed by atoms with Gasteiger partial charge in [0.2, 0.25) is 11.8 Å². The van der Waals surface area contributed by atoms with Crippen LogP contribution in [0.15, 0.2) is 59.6 Å². The Hall–Kier alpha value is -4.92. The van der Waals surface area contributed by atoms with Gasteiger partial charge in [-0.25, -0.2) is 27.9 Å². The molecule has 0 amide bonds. The zero-order valence-electron chi connectivity index (χ0n) is 32.4. The monoisotopic (exact) mass is 767 g/mol. The Morgan fingerprint density at radius 1 is 1.05 bits per heavy atom. The van der Waals surface area contributed by atoms with Crippen molar-refractivity contribution in [3.63, 3.8) is 0 Å². The van der Waals surface area contributed by atoms with Crippen LogP contribution < -0.4 is 14.8 Å². The van der Waals surface area contributed by atoms with Crippen molar-refractivity contribution in [1.29, 1.82) is 0 Å². The molecule has 3 fully saturated rings. The van der Waals surface area contributed by atoms with E-state index >= 15 is 0 Å². The quantitative estimate of drug-likeness (QED) is 0.103. The van der Waals surface area contributed by atoms with Crippen molar-refractivity contribution in [2.45, 2.75) is 89.8 Å². The predicted molar refractivity (Wildman–Crippen MR) is 210 cm³/mol. The second-order valence-corrected chi connectivity index (χ2v) is 18.0. The lowest BCUT2D eigenvalue weighted by atomic mass is 9.43. The fourth-order valence-corrected chi connectivity index (χ4v) is 9.52. The molecule has 13 nitrogen and oxygen atoms in total. The number of benzene rings is 2. The number of aromatic nitrogens is 5. The maximum Gasteiger partial charge on any atom is 0.335 e. The van der Waals surface area contributed by atoms with Gasteiger partial charge in [0.05, 0.1) is 34.7 Å². The second-order valence-electron chi connectivity index (χ2n) is 16.3. The Balaban J connectivity index is 1.16. The molecule has 2 aromatic carbocycles. The molecule has 8 rings (SSSR count). The highest BCUT2D eigenvalue weighted by Crippen LogP contribution is 2.66. The van der Waals surface area contributed by atoms with Gasteiger partial charge in [0.15, 0.2) is 5.65 Å². The number of anilines is 1. The van der Waals surface area contributed by atoms with E-state index in [1.54, 1.807) is 13.2 Å². The Kier molecular flexibility index (Phi) is 10.2. The van der Waals surface area contributed by atoms with Gasteiger partial charge in [-0.2, -0.15) is 4.98 Å². The van der Waals surface area contributed by atoms with Crippen molar-refractivity contribution < 1.29 is 27.8 Å².